The number of thiazole rings is 1. The van der Waals surface area contributed by atoms with Crippen LogP contribution in [0.4, 0.5) is 5.13 Å². The second-order valence-electron chi connectivity index (χ2n) is 7.76. The Bertz CT molecular complexity index is 709. The lowest BCUT2D eigenvalue weighted by Gasteiger charge is -2.25. The van der Waals surface area contributed by atoms with Gasteiger partial charge >= 0.3 is 0 Å². The van der Waals surface area contributed by atoms with Gasteiger partial charge in [-0.2, -0.15) is 0 Å². The van der Waals surface area contributed by atoms with Gasteiger partial charge in [0.15, 0.2) is 5.13 Å². The summed E-state index contributed by atoms with van der Waals surface area (Å²) in [6.45, 7) is 9.69. The fourth-order valence-corrected chi connectivity index (χ4v) is 3.77. The summed E-state index contributed by atoms with van der Waals surface area (Å²) >= 11 is 1.50. The molecule has 25 heavy (non-hydrogen) atoms. The molecule has 0 aliphatic carbocycles. The topological polar surface area (TPSA) is 45.2 Å². The predicted octanol–water partition coefficient (Wildman–Crippen LogP) is 4.68. The van der Waals surface area contributed by atoms with Gasteiger partial charge in [-0.25, -0.2) is 4.98 Å². The predicted molar refractivity (Wildman–Crippen MR) is 104 cm³/mol. The van der Waals surface area contributed by atoms with Crippen molar-refractivity contribution in [2.75, 3.05) is 18.4 Å². The number of aromatic nitrogens is 1. The highest BCUT2D eigenvalue weighted by Gasteiger charge is 2.16. The number of hydrogen-bond donors (Lipinski definition) is 1. The summed E-state index contributed by atoms with van der Waals surface area (Å²) < 4.78 is 0. The standard InChI is InChI=1S/C20H27N3OS/c1-20(2,3)16-9-7-15(8-10-16)18(24)22-19-21-17(14-25-19)13-23-11-5-4-6-12-23/h7-10,14H,4-6,11-13H2,1-3H3,(H,21,22,24). The molecular formula is C20H27N3OS. The zero-order valence-corrected chi connectivity index (χ0v) is 16.2. The van der Waals surface area contributed by atoms with Crippen LogP contribution >= 0.6 is 11.3 Å². The zero-order chi connectivity index (χ0) is 17.9. The Balaban J connectivity index is 1.59. The van der Waals surface area contributed by atoms with Crippen LogP contribution in [0.3, 0.4) is 0 Å². The van der Waals surface area contributed by atoms with Gasteiger partial charge in [0.05, 0.1) is 5.69 Å². The van der Waals surface area contributed by atoms with Gasteiger partial charge in [0.2, 0.25) is 0 Å². The minimum Gasteiger partial charge on any atom is -0.298 e. The van der Waals surface area contributed by atoms with Crippen LogP contribution in [0.1, 0.15) is 61.6 Å². The fraction of sp³-hybridized carbons (Fsp3) is 0.500. The summed E-state index contributed by atoms with van der Waals surface area (Å²) in [5.74, 6) is -0.0978. The maximum atomic E-state index is 12.4. The van der Waals surface area contributed by atoms with Crippen LogP contribution in [0.25, 0.3) is 0 Å². The molecule has 4 nitrogen and oxygen atoms in total. The molecule has 1 amide bonds. The first-order valence-corrected chi connectivity index (χ1v) is 9.88. The van der Waals surface area contributed by atoms with Gasteiger partial charge in [0, 0.05) is 17.5 Å². The lowest BCUT2D eigenvalue weighted by atomic mass is 9.87. The van der Waals surface area contributed by atoms with E-state index in [1.165, 1.54) is 36.2 Å². The molecule has 0 spiro atoms. The average Bonchev–Trinajstić information content (AvgIpc) is 3.02. The van der Waals surface area contributed by atoms with Crippen LogP contribution in [0.5, 0.6) is 0 Å². The number of nitrogens with one attached hydrogen (secondary N) is 1. The van der Waals surface area contributed by atoms with Crippen LogP contribution in [0.2, 0.25) is 0 Å². The molecule has 3 rings (SSSR count). The summed E-state index contributed by atoms with van der Waals surface area (Å²) in [6, 6.07) is 7.83. The van der Waals surface area contributed by atoms with Gasteiger partial charge in [-0.1, -0.05) is 39.3 Å². The number of carbonyl (C=O) groups excluding carboxylic acids is 1. The van der Waals surface area contributed by atoms with E-state index in [2.05, 4.69) is 36.0 Å². The Hall–Kier alpha value is -1.72. The molecule has 2 heterocycles. The summed E-state index contributed by atoms with van der Waals surface area (Å²) in [7, 11) is 0. The van der Waals surface area contributed by atoms with Crippen molar-refractivity contribution in [3.05, 3.63) is 46.5 Å². The average molecular weight is 358 g/mol. The molecule has 1 N–H and O–H groups in total. The second kappa shape index (κ2) is 7.67. The lowest BCUT2D eigenvalue weighted by molar-refractivity contribution is 0.102. The molecule has 0 bridgehead atoms. The first-order valence-electron chi connectivity index (χ1n) is 9.00. The van der Waals surface area contributed by atoms with E-state index in [9.17, 15) is 4.79 Å². The van der Waals surface area contributed by atoms with Gasteiger partial charge in [-0.05, 0) is 49.0 Å². The van der Waals surface area contributed by atoms with E-state index in [0.29, 0.717) is 10.7 Å². The molecule has 134 valence electrons. The number of benzene rings is 1. The van der Waals surface area contributed by atoms with E-state index in [4.69, 9.17) is 0 Å². The van der Waals surface area contributed by atoms with E-state index in [0.717, 1.165) is 25.3 Å². The molecule has 1 aliphatic heterocycles. The normalized spacial score (nSPS) is 16.0. The van der Waals surface area contributed by atoms with Crippen molar-refractivity contribution in [3.63, 3.8) is 0 Å². The number of piperidine rings is 1. The van der Waals surface area contributed by atoms with E-state index in [1.54, 1.807) is 0 Å². The number of amides is 1. The van der Waals surface area contributed by atoms with Gasteiger partial charge < -0.3 is 0 Å². The first kappa shape index (κ1) is 18.1. The molecule has 1 saturated heterocycles. The van der Waals surface area contributed by atoms with E-state index >= 15 is 0 Å². The third-order valence-electron chi connectivity index (χ3n) is 4.62. The lowest BCUT2D eigenvalue weighted by Crippen LogP contribution is -2.29. The quantitative estimate of drug-likeness (QED) is 0.864. The molecule has 0 radical (unpaired) electrons. The smallest absolute Gasteiger partial charge is 0.257 e. The summed E-state index contributed by atoms with van der Waals surface area (Å²) in [4.78, 5) is 19.4. The minimum absolute atomic E-state index is 0.0909. The number of anilines is 1. The minimum atomic E-state index is -0.0978. The molecule has 0 atom stereocenters. The Labute approximate surface area is 154 Å². The molecule has 1 aliphatic rings. The first-order chi connectivity index (χ1) is 11.9. The van der Waals surface area contributed by atoms with E-state index in [1.807, 2.05) is 29.6 Å². The number of rotatable bonds is 4. The second-order valence-corrected chi connectivity index (χ2v) is 8.62. The third kappa shape index (κ3) is 4.89. The van der Waals surface area contributed by atoms with Crippen LogP contribution < -0.4 is 5.32 Å². The van der Waals surface area contributed by atoms with Crippen molar-refractivity contribution in [1.82, 2.24) is 9.88 Å². The Kier molecular flexibility index (Phi) is 5.54. The van der Waals surface area contributed by atoms with Gasteiger partial charge in [0.25, 0.3) is 5.91 Å². The monoisotopic (exact) mass is 357 g/mol. The highest BCUT2D eigenvalue weighted by Crippen LogP contribution is 2.23. The SMILES string of the molecule is CC(C)(C)c1ccc(C(=O)Nc2nc(CN3CCCCC3)cs2)cc1. The van der Waals surface area contributed by atoms with Crippen molar-refractivity contribution < 1.29 is 4.79 Å². The van der Waals surface area contributed by atoms with Gasteiger partial charge in [-0.15, -0.1) is 11.3 Å². The number of likely N-dealkylation sites (tertiary alicyclic amines) is 1. The molecule has 2 aromatic rings. The summed E-state index contributed by atoms with van der Waals surface area (Å²) in [6.07, 6.45) is 3.89. The maximum Gasteiger partial charge on any atom is 0.257 e. The highest BCUT2D eigenvalue weighted by atomic mass is 32.1. The molecule has 1 aromatic carbocycles. The van der Waals surface area contributed by atoms with Crippen molar-refractivity contribution in [3.8, 4) is 0 Å². The van der Waals surface area contributed by atoms with Gasteiger partial charge in [-0.3, -0.25) is 15.0 Å². The molecule has 0 unspecified atom stereocenters. The molecular weight excluding hydrogens is 330 g/mol. The highest BCUT2D eigenvalue weighted by molar-refractivity contribution is 7.13. The zero-order valence-electron chi connectivity index (χ0n) is 15.3. The van der Waals surface area contributed by atoms with Crippen LogP contribution in [-0.4, -0.2) is 28.9 Å². The molecule has 1 aromatic heterocycles. The summed E-state index contributed by atoms with van der Waals surface area (Å²) in [5.41, 5.74) is 3.03. The number of hydrogen-bond acceptors (Lipinski definition) is 4. The van der Waals surface area contributed by atoms with Crippen molar-refractivity contribution in [2.45, 2.75) is 52.0 Å². The number of carbonyl (C=O) groups is 1. The van der Waals surface area contributed by atoms with Crippen LogP contribution in [0.15, 0.2) is 29.6 Å². The molecule has 1 fully saturated rings. The molecule has 5 heteroatoms. The Morgan fingerprint density at radius 3 is 2.48 bits per heavy atom. The summed E-state index contributed by atoms with van der Waals surface area (Å²) in [5, 5.41) is 5.65. The van der Waals surface area contributed by atoms with E-state index in [-0.39, 0.29) is 11.3 Å². The van der Waals surface area contributed by atoms with Crippen molar-refractivity contribution in [1.29, 1.82) is 0 Å². The van der Waals surface area contributed by atoms with Crippen LogP contribution in [-0.2, 0) is 12.0 Å². The Morgan fingerprint density at radius 1 is 1.16 bits per heavy atom. The van der Waals surface area contributed by atoms with Crippen molar-refractivity contribution in [2.24, 2.45) is 0 Å². The van der Waals surface area contributed by atoms with Crippen molar-refractivity contribution >= 4 is 22.4 Å². The Morgan fingerprint density at radius 2 is 1.84 bits per heavy atom. The largest absolute Gasteiger partial charge is 0.298 e. The maximum absolute atomic E-state index is 12.4. The number of nitrogens with zero attached hydrogens (tertiary/aromatic N) is 2. The third-order valence-corrected chi connectivity index (χ3v) is 5.43. The van der Waals surface area contributed by atoms with Crippen LogP contribution in [0, 0.1) is 0 Å². The molecule has 0 saturated carbocycles. The fourth-order valence-electron chi connectivity index (χ4n) is 3.07. The van der Waals surface area contributed by atoms with E-state index < -0.39 is 0 Å². The van der Waals surface area contributed by atoms with Gasteiger partial charge in [0.1, 0.15) is 0 Å².